The van der Waals surface area contributed by atoms with E-state index in [2.05, 4.69) is 19.2 Å². The van der Waals surface area contributed by atoms with Gasteiger partial charge in [-0.1, -0.05) is 33.1 Å². The monoisotopic (exact) mass is 296 g/mol. The van der Waals surface area contributed by atoms with Gasteiger partial charge in [-0.3, -0.25) is 0 Å². The average Bonchev–Trinajstić information content (AvgIpc) is 2.92. The van der Waals surface area contributed by atoms with Crippen LogP contribution in [0.25, 0.3) is 0 Å². The molecule has 0 aromatic heterocycles. The molecule has 2 fully saturated rings. The van der Waals surface area contributed by atoms with E-state index in [0.29, 0.717) is 6.54 Å². The fraction of sp³-hybridized carbons (Fsp3) is 0.941. The van der Waals surface area contributed by atoms with E-state index in [1.165, 1.54) is 6.42 Å². The van der Waals surface area contributed by atoms with Crippen LogP contribution in [0.15, 0.2) is 0 Å². The highest BCUT2D eigenvalue weighted by atomic mass is 16.6. The van der Waals surface area contributed by atoms with Gasteiger partial charge in [0.2, 0.25) is 0 Å². The van der Waals surface area contributed by atoms with Gasteiger partial charge in [-0.25, -0.2) is 4.79 Å². The van der Waals surface area contributed by atoms with Gasteiger partial charge in [-0.2, -0.15) is 0 Å². The van der Waals surface area contributed by atoms with E-state index in [-0.39, 0.29) is 22.5 Å². The van der Waals surface area contributed by atoms with E-state index in [4.69, 9.17) is 10.5 Å². The van der Waals surface area contributed by atoms with Crippen LogP contribution < -0.4 is 11.1 Å². The lowest BCUT2D eigenvalue weighted by Gasteiger charge is -2.46. The fourth-order valence-electron chi connectivity index (χ4n) is 4.45. The summed E-state index contributed by atoms with van der Waals surface area (Å²) in [5.74, 6) is 0. The number of hydrogen-bond donors (Lipinski definition) is 2. The smallest absolute Gasteiger partial charge is 0.408 e. The van der Waals surface area contributed by atoms with Crippen molar-refractivity contribution >= 4 is 6.09 Å². The minimum atomic E-state index is -0.463. The number of alkyl carbamates (subject to hydrolysis) is 1. The molecule has 0 radical (unpaired) electrons. The third-order valence-electron chi connectivity index (χ3n) is 5.63. The van der Waals surface area contributed by atoms with E-state index in [9.17, 15) is 4.79 Å². The highest BCUT2D eigenvalue weighted by molar-refractivity contribution is 5.69. The molecule has 1 atom stereocenters. The van der Waals surface area contributed by atoms with Gasteiger partial charge in [0.1, 0.15) is 5.60 Å². The fourth-order valence-corrected chi connectivity index (χ4v) is 4.45. The molecular weight excluding hydrogens is 264 g/mol. The lowest BCUT2D eigenvalue weighted by atomic mass is 9.67. The molecule has 0 spiro atoms. The Morgan fingerprint density at radius 2 is 1.71 bits per heavy atom. The van der Waals surface area contributed by atoms with Crippen LogP contribution in [0.5, 0.6) is 0 Å². The van der Waals surface area contributed by atoms with Crippen molar-refractivity contribution < 1.29 is 9.53 Å². The van der Waals surface area contributed by atoms with Crippen LogP contribution in [0.4, 0.5) is 4.79 Å². The first-order chi connectivity index (χ1) is 9.58. The second-order valence-corrected chi connectivity index (χ2v) is 8.62. The predicted octanol–water partition coefficient (Wildman–Crippen LogP) is 3.59. The Labute approximate surface area is 129 Å². The molecular formula is C17H32N2O2. The first-order valence-corrected chi connectivity index (χ1v) is 8.29. The molecule has 4 heteroatoms. The number of carbonyl (C=O) groups is 1. The summed E-state index contributed by atoms with van der Waals surface area (Å²) in [6, 6.07) is 0. The third kappa shape index (κ3) is 2.92. The standard InChI is InChI=1S/C17H32N2O2/c1-14(2,3)21-13(20)19-17(9-7-6-8-10-17)16(12-18)11-15(16,4)5/h6-12,18H2,1-5H3,(H,19,20). The quantitative estimate of drug-likeness (QED) is 0.836. The SMILES string of the molecule is CC(C)(C)OC(=O)NC1(C2(CN)CC2(C)C)CCCCC1. The molecule has 0 aromatic rings. The minimum absolute atomic E-state index is 0.0251. The summed E-state index contributed by atoms with van der Waals surface area (Å²) >= 11 is 0. The highest BCUT2D eigenvalue weighted by Gasteiger charge is 2.70. The molecule has 2 saturated carbocycles. The summed E-state index contributed by atoms with van der Waals surface area (Å²) in [4.78, 5) is 12.4. The Morgan fingerprint density at radius 1 is 1.19 bits per heavy atom. The number of nitrogens with two attached hydrogens (primary N) is 1. The summed E-state index contributed by atoms with van der Waals surface area (Å²) in [5.41, 5.74) is 5.75. The van der Waals surface area contributed by atoms with E-state index in [1.807, 2.05) is 20.8 Å². The van der Waals surface area contributed by atoms with E-state index in [1.54, 1.807) is 0 Å². The Bertz CT molecular complexity index is 406. The summed E-state index contributed by atoms with van der Waals surface area (Å²) in [6.45, 7) is 10.9. The van der Waals surface area contributed by atoms with Gasteiger partial charge in [-0.05, 0) is 45.4 Å². The molecule has 0 aromatic carbocycles. The van der Waals surface area contributed by atoms with Crippen molar-refractivity contribution in [1.82, 2.24) is 5.32 Å². The van der Waals surface area contributed by atoms with Crippen LogP contribution in [-0.4, -0.2) is 23.8 Å². The molecule has 2 rings (SSSR count). The maximum absolute atomic E-state index is 12.4. The van der Waals surface area contributed by atoms with Crippen LogP contribution >= 0.6 is 0 Å². The largest absolute Gasteiger partial charge is 0.444 e. The molecule has 0 heterocycles. The zero-order chi connectivity index (χ0) is 15.9. The van der Waals surface area contributed by atoms with Gasteiger partial charge in [0.15, 0.2) is 0 Å². The maximum Gasteiger partial charge on any atom is 0.408 e. The lowest BCUT2D eigenvalue weighted by Crippen LogP contribution is -2.60. The normalized spacial score (nSPS) is 30.6. The number of carbonyl (C=O) groups excluding carboxylic acids is 1. The second-order valence-electron chi connectivity index (χ2n) is 8.62. The predicted molar refractivity (Wildman–Crippen MR) is 85.1 cm³/mol. The van der Waals surface area contributed by atoms with Gasteiger partial charge in [-0.15, -0.1) is 0 Å². The van der Waals surface area contributed by atoms with Crippen molar-refractivity contribution in [2.45, 2.75) is 84.3 Å². The van der Waals surface area contributed by atoms with Crippen molar-refractivity contribution in [3.63, 3.8) is 0 Å². The van der Waals surface area contributed by atoms with Crippen LogP contribution in [0.2, 0.25) is 0 Å². The maximum atomic E-state index is 12.4. The molecule has 3 N–H and O–H groups in total. The molecule has 21 heavy (non-hydrogen) atoms. The molecule has 1 unspecified atom stereocenters. The van der Waals surface area contributed by atoms with Gasteiger partial charge in [0, 0.05) is 12.0 Å². The topological polar surface area (TPSA) is 64.3 Å². The average molecular weight is 296 g/mol. The lowest BCUT2D eigenvalue weighted by molar-refractivity contribution is 0.0284. The Hall–Kier alpha value is -0.770. The molecule has 4 nitrogen and oxygen atoms in total. The molecule has 0 saturated heterocycles. The molecule has 0 bridgehead atoms. The highest BCUT2D eigenvalue weighted by Crippen LogP contribution is 2.70. The number of hydrogen-bond acceptors (Lipinski definition) is 3. The van der Waals surface area contributed by atoms with Gasteiger partial charge < -0.3 is 15.8 Å². The van der Waals surface area contributed by atoms with E-state index < -0.39 is 5.60 Å². The van der Waals surface area contributed by atoms with Crippen LogP contribution in [0, 0.1) is 10.8 Å². The van der Waals surface area contributed by atoms with E-state index in [0.717, 1.165) is 32.1 Å². The van der Waals surface area contributed by atoms with Gasteiger partial charge >= 0.3 is 6.09 Å². The molecule has 122 valence electrons. The molecule has 0 aliphatic heterocycles. The molecule has 2 aliphatic rings. The first kappa shape index (κ1) is 16.6. The minimum Gasteiger partial charge on any atom is -0.444 e. The summed E-state index contributed by atoms with van der Waals surface area (Å²) in [6.07, 6.45) is 6.41. The Morgan fingerprint density at radius 3 is 2.10 bits per heavy atom. The third-order valence-corrected chi connectivity index (χ3v) is 5.63. The number of rotatable bonds is 3. The van der Waals surface area contributed by atoms with Crippen LogP contribution in [0.3, 0.4) is 0 Å². The van der Waals surface area contributed by atoms with Crippen LogP contribution in [-0.2, 0) is 4.74 Å². The van der Waals surface area contributed by atoms with Crippen molar-refractivity contribution in [3.05, 3.63) is 0 Å². The van der Waals surface area contributed by atoms with Crippen molar-refractivity contribution in [2.24, 2.45) is 16.6 Å². The van der Waals surface area contributed by atoms with Crippen molar-refractivity contribution in [1.29, 1.82) is 0 Å². The van der Waals surface area contributed by atoms with Crippen molar-refractivity contribution in [2.75, 3.05) is 6.54 Å². The molecule has 1 amide bonds. The number of ether oxygens (including phenoxy) is 1. The summed E-state index contributed by atoms with van der Waals surface area (Å²) < 4.78 is 5.51. The number of nitrogens with one attached hydrogen (secondary N) is 1. The molecule has 2 aliphatic carbocycles. The van der Waals surface area contributed by atoms with Gasteiger partial charge in [0.25, 0.3) is 0 Å². The second kappa shape index (κ2) is 5.15. The van der Waals surface area contributed by atoms with Crippen LogP contribution in [0.1, 0.15) is 73.1 Å². The Kier molecular flexibility index (Phi) is 4.07. The van der Waals surface area contributed by atoms with Crippen molar-refractivity contribution in [3.8, 4) is 0 Å². The van der Waals surface area contributed by atoms with E-state index >= 15 is 0 Å². The summed E-state index contributed by atoms with van der Waals surface area (Å²) in [7, 11) is 0. The van der Waals surface area contributed by atoms with Gasteiger partial charge in [0.05, 0.1) is 5.54 Å². The first-order valence-electron chi connectivity index (χ1n) is 8.29. The summed E-state index contributed by atoms with van der Waals surface area (Å²) in [5, 5.41) is 3.26. The zero-order valence-corrected chi connectivity index (χ0v) is 14.3. The number of amides is 1. The Balaban J connectivity index is 2.21. The zero-order valence-electron chi connectivity index (χ0n) is 14.3.